The lowest BCUT2D eigenvalue weighted by atomic mass is 10.1. The summed E-state index contributed by atoms with van der Waals surface area (Å²) < 4.78 is 5.61. The Kier molecular flexibility index (Phi) is 5.37. The summed E-state index contributed by atoms with van der Waals surface area (Å²) in [5, 5.41) is 2.99. The molecule has 3 heterocycles. The van der Waals surface area contributed by atoms with Gasteiger partial charge in [0.05, 0.1) is 11.7 Å². The van der Waals surface area contributed by atoms with E-state index in [0.29, 0.717) is 24.2 Å². The Morgan fingerprint density at radius 1 is 1.04 bits per heavy atom. The molecule has 1 fully saturated rings. The molecular formula is C20H20N6O2. The van der Waals surface area contributed by atoms with E-state index in [-0.39, 0.29) is 18.6 Å². The van der Waals surface area contributed by atoms with Gasteiger partial charge in [-0.2, -0.15) is 0 Å². The number of likely N-dealkylation sites (tertiary alicyclic amines) is 1. The topological polar surface area (TPSA) is 93.1 Å². The first-order valence-corrected chi connectivity index (χ1v) is 9.14. The average molecular weight is 376 g/mol. The number of rotatable bonds is 6. The summed E-state index contributed by atoms with van der Waals surface area (Å²) in [6, 6.07) is 12.8. The maximum atomic E-state index is 12.7. The molecule has 8 nitrogen and oxygen atoms in total. The highest BCUT2D eigenvalue weighted by Crippen LogP contribution is 2.31. The second kappa shape index (κ2) is 8.43. The lowest BCUT2D eigenvalue weighted by Gasteiger charge is -2.24. The minimum absolute atomic E-state index is 0.00849. The van der Waals surface area contributed by atoms with Crippen LogP contribution in [0.4, 0.5) is 11.9 Å². The van der Waals surface area contributed by atoms with Crippen LogP contribution in [0.25, 0.3) is 0 Å². The summed E-state index contributed by atoms with van der Waals surface area (Å²) >= 11 is 0. The molecule has 28 heavy (non-hydrogen) atoms. The van der Waals surface area contributed by atoms with E-state index in [4.69, 9.17) is 4.74 Å². The lowest BCUT2D eigenvalue weighted by Crippen LogP contribution is -2.34. The number of carbonyl (C=O) groups is 1. The number of aromatic nitrogens is 4. The van der Waals surface area contributed by atoms with Crippen molar-refractivity contribution in [2.75, 3.05) is 18.5 Å². The third-order valence-electron chi connectivity index (χ3n) is 4.49. The Hall–Kier alpha value is -3.55. The fourth-order valence-corrected chi connectivity index (χ4v) is 3.20. The number of carbonyl (C=O) groups excluding carboxylic acids is 1. The molecule has 1 unspecified atom stereocenters. The molecule has 1 aliphatic rings. The van der Waals surface area contributed by atoms with Crippen molar-refractivity contribution in [1.29, 1.82) is 0 Å². The van der Waals surface area contributed by atoms with Crippen molar-refractivity contribution in [2.45, 2.75) is 18.9 Å². The summed E-state index contributed by atoms with van der Waals surface area (Å²) in [4.78, 5) is 31.5. The van der Waals surface area contributed by atoms with Gasteiger partial charge >= 0.3 is 0 Å². The molecule has 1 aromatic carbocycles. The van der Waals surface area contributed by atoms with Gasteiger partial charge in [0, 0.05) is 25.1 Å². The first kappa shape index (κ1) is 17.8. The van der Waals surface area contributed by atoms with Gasteiger partial charge in [-0.05, 0) is 37.1 Å². The van der Waals surface area contributed by atoms with Crippen LogP contribution >= 0.6 is 0 Å². The number of ether oxygens (including phenoxy) is 1. The zero-order chi connectivity index (χ0) is 19.2. The van der Waals surface area contributed by atoms with Gasteiger partial charge in [-0.1, -0.05) is 18.2 Å². The number of hydrogen-bond donors (Lipinski definition) is 1. The Bertz CT molecular complexity index is 922. The normalized spacial score (nSPS) is 16.0. The van der Waals surface area contributed by atoms with E-state index in [0.717, 1.165) is 18.5 Å². The van der Waals surface area contributed by atoms with Crippen LogP contribution in [0.1, 0.15) is 24.6 Å². The Labute approximate surface area is 162 Å². The minimum Gasteiger partial charge on any atom is -0.484 e. The van der Waals surface area contributed by atoms with Crippen molar-refractivity contribution in [3.8, 4) is 5.75 Å². The van der Waals surface area contributed by atoms with Crippen LogP contribution in [0.2, 0.25) is 0 Å². The summed E-state index contributed by atoms with van der Waals surface area (Å²) in [5.41, 5.74) is 0.791. The molecule has 142 valence electrons. The quantitative estimate of drug-likeness (QED) is 0.707. The second-order valence-electron chi connectivity index (χ2n) is 6.35. The molecule has 0 saturated carbocycles. The molecule has 1 amide bonds. The van der Waals surface area contributed by atoms with E-state index in [1.807, 2.05) is 41.3 Å². The summed E-state index contributed by atoms with van der Waals surface area (Å²) in [6.07, 6.45) is 6.74. The molecule has 1 aliphatic heterocycles. The van der Waals surface area contributed by atoms with Gasteiger partial charge in [0.15, 0.2) is 6.61 Å². The molecule has 1 N–H and O–H groups in total. The molecule has 0 aliphatic carbocycles. The molecule has 0 spiro atoms. The van der Waals surface area contributed by atoms with Gasteiger partial charge < -0.3 is 9.64 Å². The van der Waals surface area contributed by atoms with Crippen LogP contribution in [0, 0.1) is 0 Å². The zero-order valence-electron chi connectivity index (χ0n) is 15.2. The van der Waals surface area contributed by atoms with Crippen molar-refractivity contribution in [3.05, 3.63) is 66.7 Å². The number of nitrogens with zero attached hydrogens (tertiary/aromatic N) is 5. The third-order valence-corrected chi connectivity index (χ3v) is 4.49. The van der Waals surface area contributed by atoms with Gasteiger partial charge in [-0.25, -0.2) is 19.9 Å². The van der Waals surface area contributed by atoms with Crippen LogP contribution < -0.4 is 10.1 Å². The standard InChI is InChI=1S/C20H20N6O2/c27-18(14-28-15-6-2-1-3-7-15)26-13-4-8-17(26)16-9-12-23-20(24-16)25-19-21-10-5-11-22-19/h1-3,5-7,9-12,17H,4,8,13-14H2,(H,21,22,23,24,25). The molecule has 8 heteroatoms. The molecule has 3 aromatic rings. The first-order chi connectivity index (χ1) is 13.8. The fraction of sp³-hybridized carbons (Fsp3) is 0.250. The van der Waals surface area contributed by atoms with Gasteiger partial charge in [-0.3, -0.25) is 10.1 Å². The van der Waals surface area contributed by atoms with Crippen LogP contribution in [0.3, 0.4) is 0 Å². The number of hydrogen-bond acceptors (Lipinski definition) is 7. The van der Waals surface area contributed by atoms with E-state index < -0.39 is 0 Å². The summed E-state index contributed by atoms with van der Waals surface area (Å²) in [6.45, 7) is 0.699. The van der Waals surface area contributed by atoms with E-state index in [1.165, 1.54) is 0 Å². The van der Waals surface area contributed by atoms with Gasteiger partial charge in [-0.15, -0.1) is 0 Å². The van der Waals surface area contributed by atoms with Crippen LogP contribution in [-0.4, -0.2) is 43.9 Å². The molecule has 1 atom stereocenters. The van der Waals surface area contributed by atoms with Gasteiger partial charge in [0.25, 0.3) is 5.91 Å². The van der Waals surface area contributed by atoms with Crippen molar-refractivity contribution in [3.63, 3.8) is 0 Å². The minimum atomic E-state index is -0.0906. The van der Waals surface area contributed by atoms with Crippen LogP contribution in [0.15, 0.2) is 61.1 Å². The molecule has 0 bridgehead atoms. The largest absolute Gasteiger partial charge is 0.484 e. The highest BCUT2D eigenvalue weighted by molar-refractivity contribution is 5.78. The monoisotopic (exact) mass is 376 g/mol. The van der Waals surface area contributed by atoms with Gasteiger partial charge in [0.1, 0.15) is 5.75 Å². The van der Waals surface area contributed by atoms with Crippen molar-refractivity contribution < 1.29 is 9.53 Å². The number of amides is 1. The Morgan fingerprint density at radius 2 is 1.82 bits per heavy atom. The van der Waals surface area contributed by atoms with E-state index in [2.05, 4.69) is 25.3 Å². The maximum Gasteiger partial charge on any atom is 0.261 e. The maximum absolute atomic E-state index is 12.7. The number of anilines is 2. The van der Waals surface area contributed by atoms with E-state index in [1.54, 1.807) is 24.7 Å². The third kappa shape index (κ3) is 4.22. The molecule has 0 radical (unpaired) electrons. The highest BCUT2D eigenvalue weighted by Gasteiger charge is 2.31. The zero-order valence-corrected chi connectivity index (χ0v) is 15.2. The van der Waals surface area contributed by atoms with Crippen molar-refractivity contribution >= 4 is 17.8 Å². The van der Waals surface area contributed by atoms with E-state index in [9.17, 15) is 4.79 Å². The predicted octanol–water partition coefficient (Wildman–Crippen LogP) is 2.75. The number of nitrogens with one attached hydrogen (secondary N) is 1. The molecule has 1 saturated heterocycles. The summed E-state index contributed by atoms with van der Waals surface area (Å²) in [5.74, 6) is 1.47. The Morgan fingerprint density at radius 3 is 2.64 bits per heavy atom. The molecule has 4 rings (SSSR count). The van der Waals surface area contributed by atoms with E-state index >= 15 is 0 Å². The fourth-order valence-electron chi connectivity index (χ4n) is 3.20. The van der Waals surface area contributed by atoms with Crippen molar-refractivity contribution in [2.24, 2.45) is 0 Å². The highest BCUT2D eigenvalue weighted by atomic mass is 16.5. The Balaban J connectivity index is 1.44. The smallest absolute Gasteiger partial charge is 0.261 e. The second-order valence-corrected chi connectivity index (χ2v) is 6.35. The number of para-hydroxylation sites is 1. The predicted molar refractivity (Wildman–Crippen MR) is 103 cm³/mol. The van der Waals surface area contributed by atoms with Crippen LogP contribution in [-0.2, 0) is 4.79 Å². The first-order valence-electron chi connectivity index (χ1n) is 9.14. The van der Waals surface area contributed by atoms with Crippen LogP contribution in [0.5, 0.6) is 5.75 Å². The van der Waals surface area contributed by atoms with Gasteiger partial charge in [0.2, 0.25) is 11.9 Å². The lowest BCUT2D eigenvalue weighted by molar-refractivity contribution is -0.134. The molecular weight excluding hydrogens is 356 g/mol. The van der Waals surface area contributed by atoms with Crippen molar-refractivity contribution in [1.82, 2.24) is 24.8 Å². The number of benzene rings is 1. The summed E-state index contributed by atoms with van der Waals surface area (Å²) in [7, 11) is 0. The average Bonchev–Trinajstić information content (AvgIpc) is 3.24. The molecule has 2 aromatic heterocycles. The SMILES string of the molecule is O=C(COc1ccccc1)N1CCCC1c1ccnc(Nc2ncccn2)n1.